The molecule has 0 fully saturated rings. The van der Waals surface area contributed by atoms with Gasteiger partial charge in [0, 0.05) is 24.9 Å². The average molecular weight is 955 g/mol. The number of hydrogen-bond acceptors (Lipinski definition) is 5. The molecule has 1 rings (SSSR count). The zero-order valence-electron chi connectivity index (χ0n) is 44.8. The third-order valence-corrected chi connectivity index (χ3v) is 12.5. The molecule has 1 unspecified atom stereocenters. The Kier molecular flexibility index (Phi) is 46.1. The van der Waals surface area contributed by atoms with Crippen LogP contribution in [0.3, 0.4) is 0 Å². The average Bonchev–Trinajstić information content (AvgIpc) is 3.36. The predicted molar refractivity (Wildman–Crippen MR) is 298 cm³/mol. The van der Waals surface area contributed by atoms with Gasteiger partial charge in [-0.05, 0) is 121 Å². The van der Waals surface area contributed by atoms with Gasteiger partial charge in [-0.15, -0.1) is 0 Å². The second-order valence-corrected chi connectivity index (χ2v) is 19.1. The lowest BCUT2D eigenvalue weighted by atomic mass is 10.1. The number of benzene rings is 1. The van der Waals surface area contributed by atoms with Crippen LogP contribution in [0.15, 0.2) is 103 Å². The van der Waals surface area contributed by atoms with Crippen LogP contribution in [-0.2, 0) is 23.9 Å². The minimum atomic E-state index is -0.751. The second kappa shape index (κ2) is 50.5. The zero-order valence-corrected chi connectivity index (χ0v) is 44.8. The Morgan fingerprint density at radius 1 is 0.435 bits per heavy atom. The van der Waals surface area contributed by atoms with Gasteiger partial charge >= 0.3 is 11.9 Å². The number of esters is 2. The van der Waals surface area contributed by atoms with Gasteiger partial charge in [0.2, 0.25) is 5.91 Å². The van der Waals surface area contributed by atoms with Crippen molar-refractivity contribution in [3.63, 3.8) is 0 Å². The van der Waals surface area contributed by atoms with Crippen LogP contribution >= 0.6 is 0 Å². The topological polar surface area (TPSA) is 72.9 Å². The van der Waals surface area contributed by atoms with Gasteiger partial charge in [0.1, 0.15) is 6.61 Å². The quantitative estimate of drug-likeness (QED) is 0.0370. The molecule has 6 heteroatoms. The summed E-state index contributed by atoms with van der Waals surface area (Å²) in [5, 5.41) is 0. The van der Waals surface area contributed by atoms with Gasteiger partial charge in [-0.1, -0.05) is 215 Å². The van der Waals surface area contributed by atoms with E-state index < -0.39 is 6.10 Å². The highest BCUT2D eigenvalue weighted by atomic mass is 16.6. The van der Waals surface area contributed by atoms with Crippen molar-refractivity contribution in [2.24, 2.45) is 0 Å². The summed E-state index contributed by atoms with van der Waals surface area (Å²) in [5.41, 5.74) is 0.763. The molecule has 1 atom stereocenters. The summed E-state index contributed by atoms with van der Waals surface area (Å²) in [6, 6.07) is 9.63. The number of amides is 1. The lowest BCUT2D eigenvalue weighted by molar-refractivity contribution is -0.158. The van der Waals surface area contributed by atoms with Crippen molar-refractivity contribution in [1.29, 1.82) is 0 Å². The first-order valence-corrected chi connectivity index (χ1v) is 28.6. The normalized spacial score (nSPS) is 12.5. The fourth-order valence-corrected chi connectivity index (χ4v) is 8.24. The highest BCUT2D eigenvalue weighted by Gasteiger charge is 2.25. The third-order valence-electron chi connectivity index (χ3n) is 12.5. The Bertz CT molecular complexity index is 1510. The molecule has 0 saturated carbocycles. The second-order valence-electron chi connectivity index (χ2n) is 19.1. The Morgan fingerprint density at radius 2 is 0.812 bits per heavy atom. The largest absolute Gasteiger partial charge is 0.462 e. The molecule has 0 saturated heterocycles. The van der Waals surface area contributed by atoms with Crippen molar-refractivity contribution < 1.29 is 23.9 Å². The summed E-state index contributed by atoms with van der Waals surface area (Å²) in [6.45, 7) is 6.75. The van der Waals surface area contributed by atoms with Gasteiger partial charge in [0.15, 0.2) is 6.10 Å². The van der Waals surface area contributed by atoms with E-state index in [0.717, 1.165) is 134 Å². The number of para-hydroxylation sites is 1. The molecule has 0 spiro atoms. The molecule has 0 aromatic heterocycles. The maximum absolute atomic E-state index is 13.9. The first-order chi connectivity index (χ1) is 34.0. The summed E-state index contributed by atoms with van der Waals surface area (Å²) < 4.78 is 11.8. The minimum Gasteiger partial charge on any atom is -0.462 e. The van der Waals surface area contributed by atoms with Crippen LogP contribution in [0.5, 0.6) is 0 Å². The van der Waals surface area contributed by atoms with Gasteiger partial charge in [0.25, 0.3) is 0 Å². The van der Waals surface area contributed by atoms with Crippen molar-refractivity contribution >= 4 is 23.5 Å². The van der Waals surface area contributed by atoms with Crippen LogP contribution in [0.25, 0.3) is 0 Å². The molecular formula is C63H103NO5. The van der Waals surface area contributed by atoms with E-state index >= 15 is 0 Å². The van der Waals surface area contributed by atoms with Crippen molar-refractivity contribution in [2.45, 2.75) is 258 Å². The smallest absolute Gasteiger partial charge is 0.306 e. The number of carbonyl (C=O) groups excluding carboxylic acids is 3. The number of carbonyl (C=O) groups is 3. The number of unbranched alkanes of at least 4 members (excludes halogenated alkanes) is 24. The molecule has 390 valence electrons. The summed E-state index contributed by atoms with van der Waals surface area (Å²) in [4.78, 5) is 41.9. The predicted octanol–water partition coefficient (Wildman–Crippen LogP) is 18.9. The monoisotopic (exact) mass is 954 g/mol. The standard InChI is InChI=1S/C63H103NO5/c1-4-7-10-13-16-19-22-25-28-31-34-37-40-43-49-54-61(65)64(59-52-47-46-48-53-59)57-60(69-63(67)56-51-45-42-39-36-33-30-27-24-21-18-15-12-9-6-3)58-68-62(66)55-50-44-41-38-35-32-29-26-23-20-17-14-11-8-5-2/h9,12,17-18,20-21,25-30,46-48,52-53,60H,4-8,10-11,13-16,19,22-24,31-45,49-51,54-58H2,1-3H3. The molecule has 0 bridgehead atoms. The zero-order chi connectivity index (χ0) is 49.8. The Labute approximate surface area is 425 Å². The Hall–Kier alpha value is -3.93. The van der Waals surface area contributed by atoms with E-state index in [0.29, 0.717) is 19.3 Å². The molecule has 1 amide bonds. The number of hydrogen-bond donors (Lipinski definition) is 0. The van der Waals surface area contributed by atoms with E-state index in [4.69, 9.17) is 9.47 Å². The van der Waals surface area contributed by atoms with E-state index in [9.17, 15) is 14.4 Å². The lowest BCUT2D eigenvalue weighted by Gasteiger charge is -2.28. The maximum Gasteiger partial charge on any atom is 0.306 e. The van der Waals surface area contributed by atoms with E-state index in [1.165, 1.54) is 83.5 Å². The van der Waals surface area contributed by atoms with Crippen molar-refractivity contribution in [3.8, 4) is 0 Å². The van der Waals surface area contributed by atoms with Crippen molar-refractivity contribution in [1.82, 2.24) is 0 Å². The van der Waals surface area contributed by atoms with Crippen LogP contribution in [0.2, 0.25) is 0 Å². The van der Waals surface area contributed by atoms with E-state index in [1.54, 1.807) is 4.90 Å². The number of rotatable bonds is 48. The van der Waals surface area contributed by atoms with Crippen molar-refractivity contribution in [3.05, 3.63) is 103 Å². The van der Waals surface area contributed by atoms with Gasteiger partial charge < -0.3 is 14.4 Å². The summed E-state index contributed by atoms with van der Waals surface area (Å²) in [5.74, 6) is -0.579. The van der Waals surface area contributed by atoms with E-state index in [-0.39, 0.29) is 31.0 Å². The molecule has 0 aliphatic carbocycles. The summed E-state index contributed by atoms with van der Waals surface area (Å²) in [7, 11) is 0. The molecule has 6 nitrogen and oxygen atoms in total. The van der Waals surface area contributed by atoms with E-state index in [1.807, 2.05) is 30.3 Å². The molecule has 0 aliphatic heterocycles. The number of allylic oxidation sites excluding steroid dienone is 12. The van der Waals surface area contributed by atoms with Gasteiger partial charge in [-0.3, -0.25) is 14.4 Å². The fraction of sp³-hybridized carbons (Fsp3) is 0.667. The highest BCUT2D eigenvalue weighted by Crippen LogP contribution is 2.20. The van der Waals surface area contributed by atoms with E-state index in [2.05, 4.69) is 93.7 Å². The number of anilines is 1. The first-order valence-electron chi connectivity index (χ1n) is 28.6. The van der Waals surface area contributed by atoms with Gasteiger partial charge in [0.05, 0.1) is 6.54 Å². The van der Waals surface area contributed by atoms with Crippen LogP contribution < -0.4 is 4.90 Å². The minimum absolute atomic E-state index is 0.00230. The number of ether oxygens (including phenoxy) is 2. The van der Waals surface area contributed by atoms with Gasteiger partial charge in [-0.25, -0.2) is 0 Å². The van der Waals surface area contributed by atoms with Gasteiger partial charge in [-0.2, -0.15) is 0 Å². The highest BCUT2D eigenvalue weighted by molar-refractivity contribution is 5.93. The summed E-state index contributed by atoms with van der Waals surface area (Å²) in [6.07, 6.45) is 64.7. The van der Waals surface area contributed by atoms with Crippen LogP contribution in [0.4, 0.5) is 5.69 Å². The van der Waals surface area contributed by atoms with Crippen molar-refractivity contribution in [2.75, 3.05) is 18.1 Å². The molecule has 1 aromatic rings. The Morgan fingerprint density at radius 3 is 1.30 bits per heavy atom. The summed E-state index contributed by atoms with van der Waals surface area (Å²) >= 11 is 0. The van der Waals surface area contributed by atoms with Crippen LogP contribution in [-0.4, -0.2) is 37.1 Å². The maximum atomic E-state index is 13.9. The third kappa shape index (κ3) is 42.7. The SMILES string of the molecule is CCC=CCC=CCC=CCCCCCCCC(=O)OC(COC(=O)CCCCCCCC=CCC=CCCCCC)CN(C(=O)CCCCCCCC=CCCCCCCCC)c1ccccc1. The molecule has 0 radical (unpaired) electrons. The molecule has 1 aromatic carbocycles. The molecule has 0 heterocycles. The lowest BCUT2D eigenvalue weighted by Crippen LogP contribution is -2.41. The Balaban J connectivity index is 2.63. The molecule has 0 aliphatic rings. The molecule has 0 N–H and O–H groups in total. The van der Waals surface area contributed by atoms with Crippen LogP contribution in [0, 0.1) is 0 Å². The fourth-order valence-electron chi connectivity index (χ4n) is 8.24. The molecule has 69 heavy (non-hydrogen) atoms. The molecular weight excluding hydrogens is 851 g/mol. The van der Waals surface area contributed by atoms with Crippen LogP contribution in [0.1, 0.15) is 252 Å². The first kappa shape index (κ1) is 63.1. The number of nitrogens with zero attached hydrogens (tertiary/aromatic N) is 1.